The first-order chi connectivity index (χ1) is 10.1. The number of aromatic nitrogens is 2. The van der Waals surface area contributed by atoms with Crippen LogP contribution in [0.3, 0.4) is 0 Å². The molecule has 5 nitrogen and oxygen atoms in total. The van der Waals surface area contributed by atoms with Crippen LogP contribution in [0.5, 0.6) is 0 Å². The summed E-state index contributed by atoms with van der Waals surface area (Å²) in [5.41, 5.74) is 3.61. The van der Waals surface area contributed by atoms with Crippen LogP contribution < -0.4 is 10.6 Å². The summed E-state index contributed by atoms with van der Waals surface area (Å²) in [6.07, 6.45) is 1.79. The summed E-state index contributed by atoms with van der Waals surface area (Å²) in [5.74, 6) is 0.776. The Bertz CT molecular complexity index is 639. The molecule has 1 aromatic carbocycles. The van der Waals surface area contributed by atoms with Gasteiger partial charge in [0.05, 0.1) is 12.2 Å². The lowest BCUT2D eigenvalue weighted by molar-refractivity contribution is 0.684. The second-order valence-corrected chi connectivity index (χ2v) is 5.71. The van der Waals surface area contributed by atoms with Crippen LogP contribution >= 0.6 is 39.9 Å². The zero-order valence-electron chi connectivity index (χ0n) is 12.9. The lowest BCUT2D eigenvalue weighted by Crippen LogP contribution is -2.36. The lowest BCUT2D eigenvalue weighted by Gasteiger charge is -2.13. The monoisotopic (exact) mass is 477 g/mol. The minimum atomic E-state index is 0. The maximum atomic E-state index is 4.23. The Morgan fingerprint density at radius 3 is 2.59 bits per heavy atom. The first kappa shape index (κ1) is 19.0. The highest BCUT2D eigenvalue weighted by molar-refractivity contribution is 14.0. The average molecular weight is 478 g/mol. The predicted molar refractivity (Wildman–Crippen MR) is 105 cm³/mol. The molecule has 0 saturated carbocycles. The molecule has 0 saturated heterocycles. The minimum Gasteiger partial charge on any atom is -0.352 e. The zero-order valence-corrected chi connectivity index (χ0v) is 16.8. The van der Waals surface area contributed by atoms with Crippen LogP contribution in [0.25, 0.3) is 0 Å². The number of aryl methyl sites for hydroxylation is 2. The van der Waals surface area contributed by atoms with E-state index in [9.17, 15) is 0 Å². The van der Waals surface area contributed by atoms with Gasteiger partial charge in [-0.2, -0.15) is 5.10 Å². The van der Waals surface area contributed by atoms with Crippen molar-refractivity contribution < 1.29 is 0 Å². The Labute approximate surface area is 156 Å². The standard InChI is InChI=1S/C15H20BrN5.HI/c1-11-8-13(16)5-4-12(11)9-18-15(17-2)19-10-14-6-7-20-21(14)3;/h4-8H,9-10H2,1-3H3,(H2,17,18,19);1H. The summed E-state index contributed by atoms with van der Waals surface area (Å²) in [7, 11) is 3.70. The van der Waals surface area contributed by atoms with Gasteiger partial charge in [-0.1, -0.05) is 22.0 Å². The van der Waals surface area contributed by atoms with E-state index in [1.807, 2.05) is 17.8 Å². The molecule has 0 amide bonds. The first-order valence-corrected chi connectivity index (χ1v) is 7.56. The van der Waals surface area contributed by atoms with E-state index < -0.39 is 0 Å². The molecule has 2 rings (SSSR count). The number of guanidine groups is 1. The molecule has 1 aromatic heterocycles. The summed E-state index contributed by atoms with van der Waals surface area (Å²) >= 11 is 3.48. The van der Waals surface area contributed by atoms with E-state index in [0.29, 0.717) is 6.54 Å². The Kier molecular flexibility index (Phi) is 7.88. The van der Waals surface area contributed by atoms with Gasteiger partial charge in [-0.05, 0) is 36.2 Å². The van der Waals surface area contributed by atoms with E-state index >= 15 is 0 Å². The van der Waals surface area contributed by atoms with Crippen LogP contribution in [-0.2, 0) is 20.1 Å². The van der Waals surface area contributed by atoms with E-state index in [-0.39, 0.29) is 24.0 Å². The van der Waals surface area contributed by atoms with E-state index in [4.69, 9.17) is 0 Å². The number of nitrogens with zero attached hydrogens (tertiary/aromatic N) is 3. The number of hydrogen-bond donors (Lipinski definition) is 2. The molecule has 0 spiro atoms. The second-order valence-electron chi connectivity index (χ2n) is 4.80. The summed E-state index contributed by atoms with van der Waals surface area (Å²) in [6, 6.07) is 8.26. The Balaban J connectivity index is 0.00000242. The molecule has 2 N–H and O–H groups in total. The van der Waals surface area contributed by atoms with Crippen molar-refractivity contribution in [1.29, 1.82) is 0 Å². The van der Waals surface area contributed by atoms with Crippen LogP contribution in [-0.4, -0.2) is 22.8 Å². The van der Waals surface area contributed by atoms with E-state index in [2.05, 4.69) is 61.8 Å². The number of benzene rings is 1. The van der Waals surface area contributed by atoms with Crippen molar-refractivity contribution in [2.75, 3.05) is 7.05 Å². The average Bonchev–Trinajstić information content (AvgIpc) is 2.86. The molecule has 0 bridgehead atoms. The fourth-order valence-corrected chi connectivity index (χ4v) is 2.48. The van der Waals surface area contributed by atoms with E-state index in [1.165, 1.54) is 11.1 Å². The van der Waals surface area contributed by atoms with Crippen molar-refractivity contribution in [3.05, 3.63) is 51.8 Å². The summed E-state index contributed by atoms with van der Waals surface area (Å²) in [5, 5.41) is 10.8. The zero-order chi connectivity index (χ0) is 15.2. The van der Waals surface area contributed by atoms with Gasteiger partial charge in [0, 0.05) is 31.3 Å². The summed E-state index contributed by atoms with van der Waals surface area (Å²) in [6.45, 7) is 3.53. The number of halogens is 2. The fraction of sp³-hybridized carbons (Fsp3) is 0.333. The van der Waals surface area contributed by atoms with Gasteiger partial charge in [-0.15, -0.1) is 24.0 Å². The molecule has 22 heavy (non-hydrogen) atoms. The van der Waals surface area contributed by atoms with Crippen molar-refractivity contribution in [3.63, 3.8) is 0 Å². The first-order valence-electron chi connectivity index (χ1n) is 6.76. The Morgan fingerprint density at radius 2 is 2.00 bits per heavy atom. The maximum absolute atomic E-state index is 4.23. The van der Waals surface area contributed by atoms with E-state index in [1.54, 1.807) is 13.2 Å². The molecule has 0 unspecified atom stereocenters. The van der Waals surface area contributed by atoms with Crippen molar-refractivity contribution >= 4 is 45.9 Å². The quantitative estimate of drug-likeness (QED) is 0.404. The van der Waals surface area contributed by atoms with Gasteiger partial charge >= 0.3 is 0 Å². The normalized spacial score (nSPS) is 11.0. The van der Waals surface area contributed by atoms with E-state index in [0.717, 1.165) is 22.7 Å². The molecule has 0 atom stereocenters. The summed E-state index contributed by atoms with van der Waals surface area (Å²) < 4.78 is 2.95. The van der Waals surface area contributed by atoms with Crippen molar-refractivity contribution in [3.8, 4) is 0 Å². The Hall–Kier alpha value is -1.09. The predicted octanol–water partition coefficient (Wildman–Crippen LogP) is 2.97. The van der Waals surface area contributed by atoms with Crippen LogP contribution in [0, 0.1) is 6.92 Å². The number of nitrogens with one attached hydrogen (secondary N) is 2. The molecule has 2 aromatic rings. The van der Waals surface area contributed by atoms with Crippen LogP contribution in [0.15, 0.2) is 39.9 Å². The molecule has 7 heteroatoms. The molecule has 0 fully saturated rings. The van der Waals surface area contributed by atoms with Crippen LogP contribution in [0.1, 0.15) is 16.8 Å². The largest absolute Gasteiger partial charge is 0.352 e. The van der Waals surface area contributed by atoms with Gasteiger partial charge in [-0.25, -0.2) is 0 Å². The highest BCUT2D eigenvalue weighted by atomic mass is 127. The van der Waals surface area contributed by atoms with Gasteiger partial charge in [0.2, 0.25) is 0 Å². The highest BCUT2D eigenvalue weighted by Gasteiger charge is 2.03. The molecule has 0 aliphatic rings. The SMILES string of the molecule is CN=C(NCc1ccc(Br)cc1C)NCc1ccnn1C.I. The minimum absolute atomic E-state index is 0. The van der Waals surface area contributed by atoms with Gasteiger partial charge in [0.1, 0.15) is 0 Å². The van der Waals surface area contributed by atoms with Gasteiger partial charge < -0.3 is 10.6 Å². The van der Waals surface area contributed by atoms with Crippen LogP contribution in [0.2, 0.25) is 0 Å². The molecule has 0 aliphatic heterocycles. The van der Waals surface area contributed by atoms with Gasteiger partial charge in [-0.3, -0.25) is 9.67 Å². The fourth-order valence-electron chi connectivity index (χ4n) is 2.01. The third kappa shape index (κ3) is 5.28. The second kappa shape index (κ2) is 9.14. The maximum Gasteiger partial charge on any atom is 0.191 e. The lowest BCUT2D eigenvalue weighted by atomic mass is 10.1. The van der Waals surface area contributed by atoms with Crippen molar-refractivity contribution in [2.45, 2.75) is 20.0 Å². The molecule has 0 aliphatic carbocycles. The van der Waals surface area contributed by atoms with Crippen molar-refractivity contribution in [1.82, 2.24) is 20.4 Å². The Morgan fingerprint density at radius 1 is 1.27 bits per heavy atom. The smallest absolute Gasteiger partial charge is 0.191 e. The molecule has 1 heterocycles. The number of rotatable bonds is 4. The summed E-state index contributed by atoms with van der Waals surface area (Å²) in [4.78, 5) is 4.23. The number of aliphatic imine (C=N–C) groups is 1. The molecular formula is C15H21BrIN5. The highest BCUT2D eigenvalue weighted by Crippen LogP contribution is 2.15. The number of hydrogen-bond acceptors (Lipinski definition) is 2. The molecular weight excluding hydrogens is 457 g/mol. The molecule has 0 radical (unpaired) electrons. The third-order valence-electron chi connectivity index (χ3n) is 3.33. The topological polar surface area (TPSA) is 54.2 Å². The van der Waals surface area contributed by atoms with Crippen LogP contribution in [0.4, 0.5) is 0 Å². The van der Waals surface area contributed by atoms with Gasteiger partial charge in [0.25, 0.3) is 0 Å². The van der Waals surface area contributed by atoms with Gasteiger partial charge in [0.15, 0.2) is 5.96 Å². The molecule has 120 valence electrons. The third-order valence-corrected chi connectivity index (χ3v) is 3.83. The van der Waals surface area contributed by atoms with Crippen molar-refractivity contribution in [2.24, 2.45) is 12.0 Å².